The lowest BCUT2D eigenvalue weighted by atomic mass is 9.87. The van der Waals surface area contributed by atoms with Crippen molar-refractivity contribution < 1.29 is 9.18 Å². The molecule has 0 aliphatic heterocycles. The molecular weight excluding hydrogens is 287 g/mol. The van der Waals surface area contributed by atoms with Crippen molar-refractivity contribution >= 4 is 23.4 Å². The second-order valence-electron chi connectivity index (χ2n) is 5.89. The predicted octanol–water partition coefficient (Wildman–Crippen LogP) is 3.54. The summed E-state index contributed by atoms with van der Waals surface area (Å²) in [6.45, 7) is 2.27. The van der Waals surface area contributed by atoms with Crippen molar-refractivity contribution in [3.63, 3.8) is 0 Å². The summed E-state index contributed by atoms with van der Waals surface area (Å²) in [5.41, 5.74) is 6.15. The average molecular weight is 310 g/mol. The van der Waals surface area contributed by atoms with Gasteiger partial charge in [-0.25, -0.2) is 4.39 Å². The number of anilines is 1. The smallest absolute Gasteiger partial charge is 0.232 e. The topological polar surface area (TPSA) is 46.3 Å². The first kappa shape index (κ1) is 16.1. The molecule has 0 radical (unpaired) electrons. The van der Waals surface area contributed by atoms with Crippen LogP contribution in [0, 0.1) is 11.7 Å². The normalized spacial score (nSPS) is 22.0. The third-order valence-electron chi connectivity index (χ3n) is 4.25. The van der Waals surface area contributed by atoms with Gasteiger partial charge in [0.05, 0.1) is 5.75 Å². The first-order valence-corrected chi connectivity index (χ1v) is 8.39. The Kier molecular flexibility index (Phi) is 5.51. The molecule has 0 atom stereocenters. The van der Waals surface area contributed by atoms with E-state index in [9.17, 15) is 9.18 Å². The van der Waals surface area contributed by atoms with Crippen molar-refractivity contribution in [2.24, 2.45) is 5.92 Å². The number of amides is 1. The number of nitrogens with two attached hydrogens (primary N) is 1. The molecule has 0 spiro atoms. The third kappa shape index (κ3) is 4.37. The fraction of sp³-hybridized carbons (Fsp3) is 0.562. The van der Waals surface area contributed by atoms with E-state index in [1.54, 1.807) is 6.07 Å². The fourth-order valence-electron chi connectivity index (χ4n) is 2.73. The highest BCUT2D eigenvalue weighted by Gasteiger charge is 2.24. The largest absolute Gasteiger partial charge is 0.398 e. The Labute approximate surface area is 130 Å². The van der Waals surface area contributed by atoms with Crippen LogP contribution in [0.15, 0.2) is 23.1 Å². The van der Waals surface area contributed by atoms with Crippen molar-refractivity contribution in [2.75, 3.05) is 18.5 Å². The van der Waals surface area contributed by atoms with Crippen molar-refractivity contribution in [3.05, 3.63) is 24.0 Å². The van der Waals surface area contributed by atoms with Gasteiger partial charge in [0.15, 0.2) is 0 Å². The summed E-state index contributed by atoms with van der Waals surface area (Å²) in [4.78, 5) is 14.9. The summed E-state index contributed by atoms with van der Waals surface area (Å²) < 4.78 is 13.0. The third-order valence-corrected chi connectivity index (χ3v) is 5.32. The Morgan fingerprint density at radius 3 is 2.67 bits per heavy atom. The van der Waals surface area contributed by atoms with Gasteiger partial charge < -0.3 is 10.6 Å². The Balaban J connectivity index is 1.86. The summed E-state index contributed by atoms with van der Waals surface area (Å²) >= 11 is 1.37. The van der Waals surface area contributed by atoms with Gasteiger partial charge in [-0.2, -0.15) is 0 Å². The van der Waals surface area contributed by atoms with Crippen molar-refractivity contribution in [3.8, 4) is 0 Å². The van der Waals surface area contributed by atoms with Crippen LogP contribution in [-0.2, 0) is 4.79 Å². The Bertz CT molecular complexity index is 501. The zero-order valence-electron chi connectivity index (χ0n) is 12.6. The van der Waals surface area contributed by atoms with Crippen LogP contribution in [0.1, 0.15) is 32.6 Å². The lowest BCUT2D eigenvalue weighted by Gasteiger charge is -2.33. The van der Waals surface area contributed by atoms with Gasteiger partial charge in [0.1, 0.15) is 5.82 Å². The Morgan fingerprint density at radius 2 is 2.05 bits per heavy atom. The first-order chi connectivity index (χ1) is 9.97. The maximum Gasteiger partial charge on any atom is 0.232 e. The summed E-state index contributed by atoms with van der Waals surface area (Å²) in [7, 11) is 1.89. The molecule has 1 amide bonds. The second kappa shape index (κ2) is 7.16. The van der Waals surface area contributed by atoms with Crippen molar-refractivity contribution in [2.45, 2.75) is 43.5 Å². The van der Waals surface area contributed by atoms with Gasteiger partial charge >= 0.3 is 0 Å². The molecule has 1 aliphatic rings. The summed E-state index contributed by atoms with van der Waals surface area (Å²) in [6, 6.07) is 4.65. The number of hydrogen-bond acceptors (Lipinski definition) is 3. The highest BCUT2D eigenvalue weighted by Crippen LogP contribution is 2.29. The molecule has 5 heteroatoms. The number of hydrogen-bond donors (Lipinski definition) is 1. The number of nitrogens with zero attached hydrogens (tertiary/aromatic N) is 1. The maximum atomic E-state index is 13.0. The second-order valence-corrected chi connectivity index (χ2v) is 6.91. The molecule has 0 bridgehead atoms. The molecule has 0 heterocycles. The van der Waals surface area contributed by atoms with E-state index in [4.69, 9.17) is 5.73 Å². The molecule has 1 fully saturated rings. The van der Waals surface area contributed by atoms with Crippen LogP contribution in [0.2, 0.25) is 0 Å². The lowest BCUT2D eigenvalue weighted by molar-refractivity contribution is -0.129. The number of thioether (sulfide) groups is 1. The van der Waals surface area contributed by atoms with Gasteiger partial charge in [0.2, 0.25) is 5.91 Å². The molecule has 0 saturated heterocycles. The predicted molar refractivity (Wildman–Crippen MR) is 85.7 cm³/mol. The minimum Gasteiger partial charge on any atom is -0.398 e. The summed E-state index contributed by atoms with van der Waals surface area (Å²) in [5.74, 6) is 0.885. The minimum atomic E-state index is -0.350. The molecule has 0 aromatic heterocycles. The van der Waals surface area contributed by atoms with E-state index in [2.05, 4.69) is 6.92 Å². The van der Waals surface area contributed by atoms with Crippen LogP contribution in [0.3, 0.4) is 0 Å². The van der Waals surface area contributed by atoms with Crippen LogP contribution in [0.4, 0.5) is 10.1 Å². The Hall–Kier alpha value is -1.23. The van der Waals surface area contributed by atoms with Gasteiger partial charge in [-0.15, -0.1) is 11.8 Å². The van der Waals surface area contributed by atoms with E-state index in [0.29, 0.717) is 17.5 Å². The zero-order chi connectivity index (χ0) is 15.4. The van der Waals surface area contributed by atoms with E-state index >= 15 is 0 Å². The van der Waals surface area contributed by atoms with Gasteiger partial charge in [0, 0.05) is 23.7 Å². The molecular formula is C16H23FN2OS. The number of nitrogen functional groups attached to an aromatic ring is 1. The zero-order valence-corrected chi connectivity index (χ0v) is 13.5. The number of carbonyl (C=O) groups is 1. The van der Waals surface area contributed by atoms with E-state index in [1.165, 1.54) is 36.7 Å². The SMILES string of the molecule is CC1CCC(N(C)C(=O)CSc2ccc(F)cc2N)CC1. The average Bonchev–Trinajstić information content (AvgIpc) is 2.46. The van der Waals surface area contributed by atoms with E-state index in [1.807, 2.05) is 11.9 Å². The number of benzene rings is 1. The summed E-state index contributed by atoms with van der Waals surface area (Å²) in [5, 5.41) is 0. The van der Waals surface area contributed by atoms with Gasteiger partial charge in [-0.3, -0.25) is 4.79 Å². The van der Waals surface area contributed by atoms with Crippen LogP contribution < -0.4 is 5.73 Å². The van der Waals surface area contributed by atoms with E-state index < -0.39 is 0 Å². The van der Waals surface area contributed by atoms with Crippen LogP contribution >= 0.6 is 11.8 Å². The summed E-state index contributed by atoms with van der Waals surface area (Å²) in [6.07, 6.45) is 4.57. The minimum absolute atomic E-state index is 0.114. The van der Waals surface area contributed by atoms with Crippen LogP contribution in [0.25, 0.3) is 0 Å². The standard InChI is InChI=1S/C16H23FN2OS/c1-11-3-6-13(7-4-11)19(2)16(20)10-21-15-8-5-12(17)9-14(15)18/h5,8-9,11,13H,3-4,6-7,10,18H2,1-2H3. The number of carbonyl (C=O) groups excluding carboxylic acids is 1. The molecule has 0 unspecified atom stereocenters. The Morgan fingerprint density at radius 1 is 1.38 bits per heavy atom. The van der Waals surface area contributed by atoms with Gasteiger partial charge in [0.25, 0.3) is 0 Å². The van der Waals surface area contributed by atoms with Crippen LogP contribution in [-0.4, -0.2) is 29.6 Å². The highest BCUT2D eigenvalue weighted by molar-refractivity contribution is 8.00. The molecule has 2 N–H and O–H groups in total. The van der Waals surface area contributed by atoms with Gasteiger partial charge in [-0.1, -0.05) is 6.92 Å². The number of halogens is 1. The van der Waals surface area contributed by atoms with Crippen LogP contribution in [0.5, 0.6) is 0 Å². The molecule has 3 nitrogen and oxygen atoms in total. The molecule has 21 heavy (non-hydrogen) atoms. The molecule has 1 aliphatic carbocycles. The quantitative estimate of drug-likeness (QED) is 0.683. The highest BCUT2D eigenvalue weighted by atomic mass is 32.2. The van der Waals surface area contributed by atoms with E-state index in [-0.39, 0.29) is 11.7 Å². The lowest BCUT2D eigenvalue weighted by Crippen LogP contribution is -2.40. The van der Waals surface area contributed by atoms with Crippen molar-refractivity contribution in [1.82, 2.24) is 4.90 Å². The fourth-order valence-corrected chi connectivity index (χ4v) is 3.60. The molecule has 1 saturated carbocycles. The monoisotopic (exact) mass is 310 g/mol. The molecule has 116 valence electrons. The van der Waals surface area contributed by atoms with Gasteiger partial charge in [-0.05, 0) is 49.8 Å². The molecule has 1 aromatic carbocycles. The molecule has 2 rings (SSSR count). The maximum absolute atomic E-state index is 13.0. The van der Waals surface area contributed by atoms with E-state index in [0.717, 1.165) is 23.7 Å². The molecule has 1 aromatic rings. The number of rotatable bonds is 4. The van der Waals surface area contributed by atoms with Crippen molar-refractivity contribution in [1.29, 1.82) is 0 Å². The first-order valence-electron chi connectivity index (χ1n) is 7.41.